The van der Waals surface area contributed by atoms with Crippen molar-refractivity contribution >= 4 is 39.5 Å². The lowest BCUT2D eigenvalue weighted by molar-refractivity contribution is -0.161. The van der Waals surface area contributed by atoms with Gasteiger partial charge in [0.25, 0.3) is 0 Å². The molecule has 96 heavy (non-hydrogen) atoms. The van der Waals surface area contributed by atoms with Crippen molar-refractivity contribution in [1.82, 2.24) is 0 Å². The van der Waals surface area contributed by atoms with Crippen molar-refractivity contribution in [3.63, 3.8) is 0 Å². The Morgan fingerprint density at radius 1 is 0.281 bits per heavy atom. The number of rotatable bonds is 77. The van der Waals surface area contributed by atoms with Gasteiger partial charge in [-0.2, -0.15) is 0 Å². The van der Waals surface area contributed by atoms with Crippen LogP contribution < -0.4 is 0 Å². The topological polar surface area (TPSA) is 237 Å². The summed E-state index contributed by atoms with van der Waals surface area (Å²) in [7, 11) is -9.91. The van der Waals surface area contributed by atoms with Gasteiger partial charge in [0.2, 0.25) is 0 Å². The Kier molecular flexibility index (Phi) is 68.7. The molecule has 0 aromatic heterocycles. The van der Waals surface area contributed by atoms with E-state index in [2.05, 4.69) is 34.6 Å². The molecule has 17 nitrogen and oxygen atoms in total. The molecule has 0 aromatic rings. The van der Waals surface area contributed by atoms with Crippen molar-refractivity contribution in [2.45, 2.75) is 425 Å². The highest BCUT2D eigenvalue weighted by atomic mass is 31.2. The summed E-state index contributed by atoms with van der Waals surface area (Å²) in [4.78, 5) is 72.8. The molecule has 19 heteroatoms. The molecule has 2 unspecified atom stereocenters. The molecule has 3 N–H and O–H groups in total. The molecule has 0 aliphatic rings. The summed E-state index contributed by atoms with van der Waals surface area (Å²) >= 11 is 0. The fourth-order valence-corrected chi connectivity index (χ4v) is 13.5. The minimum absolute atomic E-state index is 0.106. The Balaban J connectivity index is 5.23. The van der Waals surface area contributed by atoms with Gasteiger partial charge >= 0.3 is 39.5 Å². The molecular formula is C77H150O17P2. The largest absolute Gasteiger partial charge is 0.472 e. The summed E-state index contributed by atoms with van der Waals surface area (Å²) < 4.78 is 68.6. The first kappa shape index (κ1) is 94.1. The number of phosphoric acid groups is 2. The average molecular weight is 1410 g/mol. The molecule has 0 amide bonds. The van der Waals surface area contributed by atoms with E-state index >= 15 is 0 Å². The molecule has 570 valence electrons. The van der Waals surface area contributed by atoms with E-state index in [1.54, 1.807) is 0 Å². The van der Waals surface area contributed by atoms with Crippen LogP contribution in [0.15, 0.2) is 0 Å². The maximum Gasteiger partial charge on any atom is 0.472 e. The maximum atomic E-state index is 13.1. The average Bonchev–Trinajstić information content (AvgIpc) is 1.30. The fourth-order valence-electron chi connectivity index (χ4n) is 11.9. The smallest absolute Gasteiger partial charge is 0.462 e. The number of aliphatic hydroxyl groups excluding tert-OH is 1. The molecule has 0 aromatic carbocycles. The molecule has 0 saturated carbocycles. The van der Waals surface area contributed by atoms with Crippen molar-refractivity contribution in [2.24, 2.45) is 5.92 Å². The van der Waals surface area contributed by atoms with E-state index in [-0.39, 0.29) is 25.7 Å². The minimum Gasteiger partial charge on any atom is -0.462 e. The van der Waals surface area contributed by atoms with E-state index in [4.69, 9.17) is 37.0 Å². The zero-order valence-corrected chi connectivity index (χ0v) is 64.3. The Labute approximate surface area is 588 Å². The summed E-state index contributed by atoms with van der Waals surface area (Å²) in [5.41, 5.74) is 0. The van der Waals surface area contributed by atoms with Crippen LogP contribution in [0.5, 0.6) is 0 Å². The van der Waals surface area contributed by atoms with Crippen LogP contribution in [0, 0.1) is 5.92 Å². The van der Waals surface area contributed by atoms with Gasteiger partial charge in [-0.25, -0.2) is 9.13 Å². The van der Waals surface area contributed by atoms with Gasteiger partial charge in [-0.1, -0.05) is 356 Å². The first-order valence-electron chi connectivity index (χ1n) is 40.1. The number of aliphatic hydroxyl groups is 1. The third kappa shape index (κ3) is 70.5. The van der Waals surface area contributed by atoms with Crippen molar-refractivity contribution in [1.29, 1.82) is 0 Å². The number of carbonyl (C=O) groups excluding carboxylic acids is 4. The SMILES string of the molecule is CCCCCCCCCCCCCCCCCCCCCC(=O)O[C@H](COC(=O)CCCCCCCCCCCCCCCC)COP(=O)(O)OC[C@@H](O)COP(=O)(O)OC[C@@H](COC(=O)CCCCCCCCCCCCC)OC(=O)CCCCCCCCCCCC(C)C. The quantitative estimate of drug-likeness (QED) is 0.0222. The highest BCUT2D eigenvalue weighted by molar-refractivity contribution is 7.47. The molecule has 0 spiro atoms. The van der Waals surface area contributed by atoms with Crippen LogP contribution >= 0.6 is 15.6 Å². The molecule has 0 bridgehead atoms. The standard InChI is InChI=1S/C77H150O17P2/c1-6-9-12-15-18-21-24-26-28-29-30-31-32-34-37-42-47-52-57-62-76(81)93-72(66-88-75(80)61-56-51-46-41-36-33-27-25-22-19-16-13-10-7-2)68-91-95(83,84)89-64-71(78)65-90-96(85,86)92-69-73(67-87-74(79)60-55-50-45-40-35-23-20-17-14-11-8-3)94-77(82)63-58-53-48-43-38-39-44-49-54-59-70(4)5/h70-73,78H,6-69H2,1-5H3,(H,83,84)(H,85,86)/t71-,72-,73-/m1/s1. The number of phosphoric ester groups is 2. The Bertz CT molecular complexity index is 1840. The van der Waals surface area contributed by atoms with Crippen LogP contribution in [0.4, 0.5) is 0 Å². The van der Waals surface area contributed by atoms with Gasteiger partial charge in [0, 0.05) is 25.7 Å². The number of hydrogen-bond donors (Lipinski definition) is 3. The zero-order valence-electron chi connectivity index (χ0n) is 62.5. The summed E-state index contributed by atoms with van der Waals surface area (Å²) in [6, 6.07) is 0. The molecule has 0 rings (SSSR count). The van der Waals surface area contributed by atoms with Crippen LogP contribution in [-0.4, -0.2) is 96.7 Å². The van der Waals surface area contributed by atoms with Gasteiger partial charge in [0.05, 0.1) is 26.4 Å². The molecule has 0 aliphatic carbocycles. The molecule has 0 heterocycles. The van der Waals surface area contributed by atoms with Crippen LogP contribution in [0.25, 0.3) is 0 Å². The Morgan fingerprint density at radius 2 is 0.479 bits per heavy atom. The van der Waals surface area contributed by atoms with E-state index in [0.717, 1.165) is 95.8 Å². The molecule has 5 atom stereocenters. The monoisotopic (exact) mass is 1410 g/mol. The van der Waals surface area contributed by atoms with Gasteiger partial charge in [-0.15, -0.1) is 0 Å². The fraction of sp³-hybridized carbons (Fsp3) is 0.948. The maximum absolute atomic E-state index is 13.1. The number of carbonyl (C=O) groups is 4. The van der Waals surface area contributed by atoms with E-state index in [0.29, 0.717) is 25.7 Å². The number of esters is 4. The number of hydrogen-bond acceptors (Lipinski definition) is 15. The lowest BCUT2D eigenvalue weighted by Crippen LogP contribution is -2.30. The van der Waals surface area contributed by atoms with E-state index in [1.807, 2.05) is 0 Å². The van der Waals surface area contributed by atoms with Crippen LogP contribution in [0.3, 0.4) is 0 Å². The van der Waals surface area contributed by atoms with Crippen molar-refractivity contribution in [3.8, 4) is 0 Å². The van der Waals surface area contributed by atoms with E-state index in [1.165, 1.54) is 231 Å². The third-order valence-electron chi connectivity index (χ3n) is 18.0. The van der Waals surface area contributed by atoms with E-state index < -0.39 is 97.5 Å². The number of ether oxygens (including phenoxy) is 4. The van der Waals surface area contributed by atoms with E-state index in [9.17, 15) is 43.2 Å². The van der Waals surface area contributed by atoms with Gasteiger partial charge in [0.15, 0.2) is 12.2 Å². The predicted octanol–water partition coefficient (Wildman–Crippen LogP) is 22.9. The predicted molar refractivity (Wildman–Crippen MR) is 391 cm³/mol. The first-order valence-corrected chi connectivity index (χ1v) is 43.1. The van der Waals surface area contributed by atoms with Gasteiger partial charge in [-0.3, -0.25) is 37.3 Å². The Hall–Kier alpha value is -1.94. The summed E-state index contributed by atoms with van der Waals surface area (Å²) in [5, 5.41) is 10.6. The minimum atomic E-state index is -4.96. The van der Waals surface area contributed by atoms with Crippen LogP contribution in [0.2, 0.25) is 0 Å². The molecule has 0 saturated heterocycles. The lowest BCUT2D eigenvalue weighted by atomic mass is 10.0. The van der Waals surface area contributed by atoms with Gasteiger partial charge in [-0.05, 0) is 31.6 Å². The van der Waals surface area contributed by atoms with Gasteiger partial charge < -0.3 is 33.8 Å². The van der Waals surface area contributed by atoms with Crippen molar-refractivity contribution in [3.05, 3.63) is 0 Å². The van der Waals surface area contributed by atoms with Crippen LogP contribution in [0.1, 0.15) is 407 Å². The molecule has 0 fully saturated rings. The summed E-state index contributed by atoms with van der Waals surface area (Å²) in [6.07, 6.45) is 59.6. The second-order valence-electron chi connectivity index (χ2n) is 28.2. The first-order chi connectivity index (χ1) is 46.5. The number of unbranched alkanes of at least 4 members (excludes halogenated alkanes) is 49. The normalized spacial score (nSPS) is 13.9. The zero-order chi connectivity index (χ0) is 70.5. The molecule has 0 radical (unpaired) electrons. The van der Waals surface area contributed by atoms with Crippen molar-refractivity contribution in [2.75, 3.05) is 39.6 Å². The van der Waals surface area contributed by atoms with Crippen molar-refractivity contribution < 1.29 is 80.2 Å². The van der Waals surface area contributed by atoms with Crippen LogP contribution in [-0.2, 0) is 65.4 Å². The second-order valence-corrected chi connectivity index (χ2v) is 31.1. The second kappa shape index (κ2) is 70.1. The lowest BCUT2D eigenvalue weighted by Gasteiger charge is -2.21. The third-order valence-corrected chi connectivity index (χ3v) is 19.9. The summed E-state index contributed by atoms with van der Waals surface area (Å²) in [5.74, 6) is -1.37. The molecule has 0 aliphatic heterocycles. The molecular weight excluding hydrogens is 1260 g/mol. The highest BCUT2D eigenvalue weighted by Crippen LogP contribution is 2.45. The highest BCUT2D eigenvalue weighted by Gasteiger charge is 2.30. The summed E-state index contributed by atoms with van der Waals surface area (Å²) in [6.45, 7) is 7.28. The van der Waals surface area contributed by atoms with Gasteiger partial charge in [0.1, 0.15) is 19.3 Å². The Morgan fingerprint density at radius 3 is 0.708 bits per heavy atom.